The van der Waals surface area contributed by atoms with E-state index in [2.05, 4.69) is 0 Å². The summed E-state index contributed by atoms with van der Waals surface area (Å²) in [7, 11) is -7.34. The molecule has 3 rings (SSSR count). The Balaban J connectivity index is 1.78. The minimum absolute atomic E-state index is 0.0376. The fraction of sp³-hybridized carbons (Fsp3) is 0.667. The Kier molecular flexibility index (Phi) is 7.32. The zero-order chi connectivity index (χ0) is 22.8. The summed E-state index contributed by atoms with van der Waals surface area (Å²) in [6.07, 6.45) is 1.02. The highest BCUT2D eigenvalue weighted by Gasteiger charge is 2.49. The van der Waals surface area contributed by atoms with Crippen molar-refractivity contribution in [3.8, 4) is 5.75 Å². The molecule has 31 heavy (non-hydrogen) atoms. The highest BCUT2D eigenvalue weighted by Crippen LogP contribution is 2.32. The number of carbonyl (C=O) groups excluding carboxylic acids is 1. The van der Waals surface area contributed by atoms with Crippen LogP contribution in [-0.2, 0) is 29.2 Å². The van der Waals surface area contributed by atoms with E-state index < -0.39 is 31.0 Å². The predicted molar refractivity (Wildman–Crippen MR) is 117 cm³/mol. The van der Waals surface area contributed by atoms with E-state index in [0.717, 1.165) is 0 Å². The summed E-state index contributed by atoms with van der Waals surface area (Å²) < 4.78 is 62.2. The van der Waals surface area contributed by atoms with Gasteiger partial charge in [-0.3, -0.25) is 9.69 Å². The van der Waals surface area contributed by atoms with Crippen molar-refractivity contribution in [3.05, 3.63) is 24.3 Å². The molecular formula is C21H31NO7S2. The van der Waals surface area contributed by atoms with Crippen LogP contribution in [0.4, 0.5) is 0 Å². The van der Waals surface area contributed by atoms with Crippen LogP contribution in [0.25, 0.3) is 0 Å². The highest BCUT2D eigenvalue weighted by molar-refractivity contribution is 7.96. The number of hydrogen-bond acceptors (Lipinski definition) is 8. The second kappa shape index (κ2) is 9.46. The fourth-order valence-electron chi connectivity index (χ4n) is 4.32. The van der Waals surface area contributed by atoms with Gasteiger partial charge in [0.05, 0.1) is 40.3 Å². The number of piperidine rings is 1. The van der Waals surface area contributed by atoms with Gasteiger partial charge in [-0.15, -0.1) is 0 Å². The molecule has 0 amide bonds. The summed E-state index contributed by atoms with van der Waals surface area (Å²) in [4.78, 5) is 14.0. The Labute approximate surface area is 184 Å². The van der Waals surface area contributed by atoms with Crippen molar-refractivity contribution < 1.29 is 31.1 Å². The summed E-state index contributed by atoms with van der Waals surface area (Å²) >= 11 is 0. The van der Waals surface area contributed by atoms with E-state index >= 15 is 0 Å². The second-order valence-corrected chi connectivity index (χ2v) is 12.7. The van der Waals surface area contributed by atoms with E-state index in [1.54, 1.807) is 19.1 Å². The first-order valence-electron chi connectivity index (χ1n) is 10.6. The summed E-state index contributed by atoms with van der Waals surface area (Å²) in [5, 5.41) is -1.03. The Morgan fingerprint density at radius 3 is 2.29 bits per heavy atom. The molecule has 0 aliphatic carbocycles. The number of esters is 1. The zero-order valence-electron chi connectivity index (χ0n) is 18.2. The molecule has 2 aliphatic heterocycles. The molecule has 0 unspecified atom stereocenters. The lowest BCUT2D eigenvalue weighted by Gasteiger charge is -2.36. The van der Waals surface area contributed by atoms with E-state index in [0.29, 0.717) is 38.3 Å². The van der Waals surface area contributed by atoms with Crippen LogP contribution in [-0.4, -0.2) is 76.3 Å². The van der Waals surface area contributed by atoms with Crippen LogP contribution in [0.5, 0.6) is 5.75 Å². The Morgan fingerprint density at radius 2 is 1.74 bits per heavy atom. The van der Waals surface area contributed by atoms with Crippen molar-refractivity contribution in [1.29, 1.82) is 0 Å². The maximum Gasteiger partial charge on any atom is 0.309 e. The Morgan fingerprint density at radius 1 is 1.13 bits per heavy atom. The molecule has 0 radical (unpaired) electrons. The first-order chi connectivity index (χ1) is 14.5. The van der Waals surface area contributed by atoms with Crippen molar-refractivity contribution in [2.75, 3.05) is 31.2 Å². The first-order valence-corrected chi connectivity index (χ1v) is 14.0. The van der Waals surface area contributed by atoms with Gasteiger partial charge < -0.3 is 9.47 Å². The number of likely N-dealkylation sites (tertiary alicyclic amines) is 1. The van der Waals surface area contributed by atoms with Crippen molar-refractivity contribution in [2.24, 2.45) is 5.92 Å². The van der Waals surface area contributed by atoms with Crippen molar-refractivity contribution >= 4 is 25.6 Å². The van der Waals surface area contributed by atoms with Crippen LogP contribution < -0.4 is 4.74 Å². The van der Waals surface area contributed by atoms with E-state index in [9.17, 15) is 21.6 Å². The molecule has 0 bridgehead atoms. The number of benzene rings is 1. The fourth-order valence-corrected chi connectivity index (χ4v) is 9.15. The third-order valence-electron chi connectivity index (χ3n) is 5.81. The number of rotatable bonds is 7. The molecule has 1 aromatic rings. The molecule has 1 aromatic carbocycles. The monoisotopic (exact) mass is 473 g/mol. The smallest absolute Gasteiger partial charge is 0.309 e. The van der Waals surface area contributed by atoms with Gasteiger partial charge in [0.2, 0.25) is 0 Å². The quantitative estimate of drug-likeness (QED) is 0.551. The van der Waals surface area contributed by atoms with Gasteiger partial charge in [-0.2, -0.15) is 0 Å². The largest absolute Gasteiger partial charge is 0.491 e. The third kappa shape index (κ3) is 5.59. The van der Waals surface area contributed by atoms with Crippen LogP contribution in [0.15, 0.2) is 29.2 Å². The number of sulfone groups is 2. The van der Waals surface area contributed by atoms with Crippen LogP contribution in [0.1, 0.15) is 33.6 Å². The van der Waals surface area contributed by atoms with Crippen molar-refractivity contribution in [3.63, 3.8) is 0 Å². The molecule has 8 nitrogen and oxygen atoms in total. The average molecular weight is 474 g/mol. The van der Waals surface area contributed by atoms with Crippen LogP contribution in [0.2, 0.25) is 0 Å². The lowest BCUT2D eigenvalue weighted by molar-refractivity contribution is -0.149. The molecule has 2 atom stereocenters. The maximum atomic E-state index is 13.4. The average Bonchev–Trinajstić information content (AvgIpc) is 3.04. The number of carbonyl (C=O) groups is 1. The topological polar surface area (TPSA) is 107 Å². The van der Waals surface area contributed by atoms with E-state index in [4.69, 9.17) is 9.47 Å². The molecule has 2 aliphatic rings. The molecule has 2 heterocycles. The molecular weight excluding hydrogens is 442 g/mol. The molecule has 0 N–H and O–H groups in total. The van der Waals surface area contributed by atoms with Crippen molar-refractivity contribution in [1.82, 2.24) is 4.90 Å². The van der Waals surface area contributed by atoms with Gasteiger partial charge in [0.15, 0.2) is 19.7 Å². The summed E-state index contributed by atoms with van der Waals surface area (Å²) in [5.74, 6) is -0.477. The van der Waals surface area contributed by atoms with Gasteiger partial charge in [0.25, 0.3) is 0 Å². The first kappa shape index (κ1) is 24.0. The molecule has 0 aromatic heterocycles. The van der Waals surface area contributed by atoms with Gasteiger partial charge in [-0.25, -0.2) is 16.8 Å². The van der Waals surface area contributed by atoms with Crippen LogP contribution in [0.3, 0.4) is 0 Å². The van der Waals surface area contributed by atoms with Gasteiger partial charge in [-0.1, -0.05) is 0 Å². The lowest BCUT2D eigenvalue weighted by Crippen LogP contribution is -2.50. The maximum absolute atomic E-state index is 13.4. The number of hydrogen-bond donors (Lipinski definition) is 0. The molecule has 174 valence electrons. The molecule has 2 fully saturated rings. The van der Waals surface area contributed by atoms with Gasteiger partial charge >= 0.3 is 5.97 Å². The van der Waals surface area contributed by atoms with Gasteiger partial charge in [-0.05, 0) is 71.0 Å². The standard InChI is InChI=1S/C21H31NO7S2/c1-4-28-21(23)16-9-11-22(12-10-16)19-13-30(24,25)14-20(19)31(26,27)18-7-5-17(6-8-18)29-15(2)3/h5-8,15-16,19-20H,4,9-14H2,1-3H3/t19-,20-/m0/s1. The van der Waals surface area contributed by atoms with Gasteiger partial charge in [0, 0.05) is 6.04 Å². The van der Waals surface area contributed by atoms with E-state index in [1.165, 1.54) is 12.1 Å². The number of nitrogens with zero attached hydrogens (tertiary/aromatic N) is 1. The summed E-state index contributed by atoms with van der Waals surface area (Å²) in [6.45, 7) is 6.77. The van der Waals surface area contributed by atoms with Crippen LogP contribution in [0, 0.1) is 5.92 Å². The third-order valence-corrected chi connectivity index (χ3v) is 9.95. The van der Waals surface area contributed by atoms with Crippen LogP contribution >= 0.6 is 0 Å². The Bertz CT molecular complexity index is 979. The summed E-state index contributed by atoms with van der Waals surface area (Å²) in [6, 6.07) is 5.51. The minimum atomic E-state index is -3.86. The molecule has 0 spiro atoms. The second-order valence-electron chi connectivity index (χ2n) is 8.43. The minimum Gasteiger partial charge on any atom is -0.491 e. The predicted octanol–water partition coefficient (Wildman–Crippen LogP) is 1.69. The normalized spacial score (nSPS) is 24.9. The zero-order valence-corrected chi connectivity index (χ0v) is 19.8. The SMILES string of the molecule is CCOC(=O)C1CCN([C@H]2CS(=O)(=O)C[C@@H]2S(=O)(=O)c2ccc(OC(C)C)cc2)CC1. The van der Waals surface area contributed by atoms with Crippen molar-refractivity contribution in [2.45, 2.75) is 55.9 Å². The molecule has 2 saturated heterocycles. The summed E-state index contributed by atoms with van der Waals surface area (Å²) in [5.41, 5.74) is 0. The number of ether oxygens (including phenoxy) is 2. The highest BCUT2D eigenvalue weighted by atomic mass is 32.2. The molecule has 10 heteroatoms. The van der Waals surface area contributed by atoms with E-state index in [1.807, 2.05) is 18.7 Å². The lowest BCUT2D eigenvalue weighted by atomic mass is 9.95. The Hall–Kier alpha value is -1.65. The van der Waals surface area contributed by atoms with Gasteiger partial charge in [0.1, 0.15) is 5.75 Å². The molecule has 0 saturated carbocycles. The van der Waals surface area contributed by atoms with E-state index in [-0.39, 0.29) is 34.4 Å².